The Balaban J connectivity index is 2.05. The second-order valence-corrected chi connectivity index (χ2v) is 8.64. The number of likely N-dealkylation sites (N-methyl/N-ethyl adjacent to an activating group) is 1. The molecule has 166 valence electrons. The van der Waals surface area contributed by atoms with Crippen LogP contribution in [0.25, 0.3) is 21.3 Å². The number of rotatable bonds is 8. The van der Waals surface area contributed by atoms with Crippen LogP contribution in [0.1, 0.15) is 26.6 Å². The number of methoxy groups -OCH3 is 1. The summed E-state index contributed by atoms with van der Waals surface area (Å²) in [6.07, 6.45) is 3.41. The van der Waals surface area contributed by atoms with Gasteiger partial charge in [0, 0.05) is 56.5 Å². The topological polar surface area (TPSA) is 112 Å². The van der Waals surface area contributed by atoms with E-state index in [9.17, 15) is 9.90 Å². The van der Waals surface area contributed by atoms with E-state index in [-0.39, 0.29) is 6.03 Å². The summed E-state index contributed by atoms with van der Waals surface area (Å²) in [5.74, 6) is 0.355. The standard InChI is InChI=1S/C21H28N6O3S/c1-6-22-19(28)26-20-25-15-9-14(13-11-23-18(24-12-13)21(2,3)29)16(10-17(15)31-20)27(4)7-8-30-5/h9-12,29H,6-8H2,1-5H3,(H2,22,25,26,28). The molecule has 0 unspecified atom stereocenters. The number of hydrogen-bond acceptors (Lipinski definition) is 8. The number of hydrogen-bond donors (Lipinski definition) is 3. The van der Waals surface area contributed by atoms with Gasteiger partial charge in [0.1, 0.15) is 5.60 Å². The third-order valence-electron chi connectivity index (χ3n) is 4.62. The lowest BCUT2D eigenvalue weighted by molar-refractivity contribution is 0.0687. The first kappa shape index (κ1) is 22.9. The first-order valence-corrected chi connectivity index (χ1v) is 10.8. The van der Waals surface area contributed by atoms with Crippen LogP contribution >= 0.6 is 11.3 Å². The molecule has 0 radical (unpaired) electrons. The Morgan fingerprint density at radius 3 is 2.61 bits per heavy atom. The first-order chi connectivity index (χ1) is 14.7. The Kier molecular flexibility index (Phi) is 7.04. The van der Waals surface area contributed by atoms with Crippen LogP contribution in [0.2, 0.25) is 0 Å². The molecule has 0 saturated carbocycles. The van der Waals surface area contributed by atoms with Gasteiger partial charge in [-0.1, -0.05) is 11.3 Å². The zero-order valence-electron chi connectivity index (χ0n) is 18.4. The number of anilines is 2. The molecular formula is C21H28N6O3S. The van der Waals surface area contributed by atoms with E-state index in [0.717, 1.165) is 27.0 Å². The van der Waals surface area contributed by atoms with Crippen molar-refractivity contribution in [3.05, 3.63) is 30.4 Å². The van der Waals surface area contributed by atoms with E-state index < -0.39 is 5.60 Å². The lowest BCUT2D eigenvalue weighted by Crippen LogP contribution is -2.28. The maximum Gasteiger partial charge on any atom is 0.321 e. The molecule has 0 aliphatic heterocycles. The molecule has 31 heavy (non-hydrogen) atoms. The molecule has 2 aromatic heterocycles. The van der Waals surface area contributed by atoms with Crippen LogP contribution in [0.15, 0.2) is 24.5 Å². The Hall–Kier alpha value is -2.82. The number of aliphatic hydroxyl groups is 1. The maximum absolute atomic E-state index is 11.9. The SMILES string of the molecule is CCNC(=O)Nc1nc2cc(-c3cnc(C(C)(C)O)nc3)c(N(C)CCOC)cc2s1. The van der Waals surface area contributed by atoms with Crippen molar-refractivity contribution in [3.8, 4) is 11.1 Å². The minimum atomic E-state index is -1.12. The number of nitrogens with zero attached hydrogens (tertiary/aromatic N) is 4. The van der Waals surface area contributed by atoms with Gasteiger partial charge in [-0.25, -0.2) is 19.7 Å². The van der Waals surface area contributed by atoms with Crippen molar-refractivity contribution in [2.75, 3.05) is 44.1 Å². The van der Waals surface area contributed by atoms with Crippen molar-refractivity contribution in [1.29, 1.82) is 0 Å². The van der Waals surface area contributed by atoms with Gasteiger partial charge in [-0.2, -0.15) is 0 Å². The van der Waals surface area contributed by atoms with Crippen LogP contribution in [0.3, 0.4) is 0 Å². The molecule has 2 heterocycles. The third-order valence-corrected chi connectivity index (χ3v) is 5.55. The number of carbonyl (C=O) groups is 1. The van der Waals surface area contributed by atoms with Crippen molar-refractivity contribution in [3.63, 3.8) is 0 Å². The second kappa shape index (κ2) is 9.54. The number of thiazole rings is 1. The highest BCUT2D eigenvalue weighted by Gasteiger charge is 2.20. The Morgan fingerprint density at radius 1 is 1.29 bits per heavy atom. The number of benzene rings is 1. The highest BCUT2D eigenvalue weighted by molar-refractivity contribution is 7.22. The van der Waals surface area contributed by atoms with E-state index in [1.54, 1.807) is 33.4 Å². The minimum absolute atomic E-state index is 0.283. The summed E-state index contributed by atoms with van der Waals surface area (Å²) in [6.45, 7) is 6.97. The highest BCUT2D eigenvalue weighted by atomic mass is 32.1. The number of urea groups is 1. The van der Waals surface area contributed by atoms with Crippen molar-refractivity contribution < 1.29 is 14.6 Å². The fourth-order valence-corrected chi connectivity index (χ4v) is 3.87. The fraction of sp³-hybridized carbons (Fsp3) is 0.429. The molecule has 3 N–H and O–H groups in total. The predicted octanol–water partition coefficient (Wildman–Crippen LogP) is 3.20. The van der Waals surface area contributed by atoms with E-state index in [1.165, 1.54) is 11.3 Å². The van der Waals surface area contributed by atoms with Crippen LogP contribution < -0.4 is 15.5 Å². The number of carbonyl (C=O) groups excluding carboxylic acids is 1. The van der Waals surface area contributed by atoms with Crippen LogP contribution in [-0.2, 0) is 10.3 Å². The normalized spacial score (nSPS) is 11.5. The molecule has 0 aliphatic carbocycles. The predicted molar refractivity (Wildman–Crippen MR) is 124 cm³/mol. The Bertz CT molecular complexity index is 1050. The molecule has 3 rings (SSSR count). The van der Waals surface area contributed by atoms with Crippen molar-refractivity contribution in [1.82, 2.24) is 20.3 Å². The summed E-state index contributed by atoms with van der Waals surface area (Å²) in [4.78, 5) is 27.2. The lowest BCUT2D eigenvalue weighted by atomic mass is 10.0. The molecule has 0 aliphatic rings. The van der Waals surface area contributed by atoms with E-state index in [0.29, 0.717) is 30.7 Å². The van der Waals surface area contributed by atoms with Gasteiger partial charge < -0.3 is 20.1 Å². The molecule has 3 aromatic rings. The van der Waals surface area contributed by atoms with Crippen LogP contribution in [0.5, 0.6) is 0 Å². The first-order valence-electron chi connectivity index (χ1n) is 9.97. The van der Waals surface area contributed by atoms with Crippen LogP contribution in [0, 0.1) is 0 Å². The molecular weight excluding hydrogens is 416 g/mol. The number of fused-ring (bicyclic) bond motifs is 1. The quantitative estimate of drug-likeness (QED) is 0.489. The summed E-state index contributed by atoms with van der Waals surface area (Å²) in [5, 5.41) is 16.1. The molecule has 0 fully saturated rings. The van der Waals surface area contributed by atoms with E-state index in [1.807, 2.05) is 26.1 Å². The van der Waals surface area contributed by atoms with Gasteiger partial charge in [-0.15, -0.1) is 0 Å². The second-order valence-electron chi connectivity index (χ2n) is 7.61. The van der Waals surface area contributed by atoms with Crippen molar-refractivity contribution >= 4 is 38.4 Å². The van der Waals surface area contributed by atoms with E-state index in [2.05, 4.69) is 30.5 Å². The summed E-state index contributed by atoms with van der Waals surface area (Å²) >= 11 is 1.41. The molecule has 2 amide bonds. The highest BCUT2D eigenvalue weighted by Crippen LogP contribution is 2.37. The third kappa shape index (κ3) is 5.46. The monoisotopic (exact) mass is 444 g/mol. The summed E-state index contributed by atoms with van der Waals surface area (Å²) in [5.41, 5.74) is 2.33. The number of ether oxygens (including phenoxy) is 1. The average Bonchev–Trinajstić information content (AvgIpc) is 3.11. The maximum atomic E-state index is 11.9. The molecule has 0 atom stereocenters. The van der Waals surface area contributed by atoms with Gasteiger partial charge in [0.2, 0.25) is 0 Å². The van der Waals surface area contributed by atoms with Crippen LogP contribution in [0.4, 0.5) is 15.6 Å². The van der Waals surface area contributed by atoms with Crippen LogP contribution in [-0.4, -0.2) is 59.9 Å². The van der Waals surface area contributed by atoms with Crippen molar-refractivity contribution in [2.24, 2.45) is 0 Å². The molecule has 0 bridgehead atoms. The summed E-state index contributed by atoms with van der Waals surface area (Å²) in [7, 11) is 3.66. The number of amides is 2. The zero-order valence-corrected chi connectivity index (χ0v) is 19.2. The van der Waals surface area contributed by atoms with E-state index >= 15 is 0 Å². The van der Waals surface area contributed by atoms with Gasteiger partial charge in [0.05, 0.1) is 16.8 Å². The fourth-order valence-electron chi connectivity index (χ4n) is 3.00. The molecule has 0 spiro atoms. The molecule has 1 aromatic carbocycles. The van der Waals surface area contributed by atoms with Gasteiger partial charge in [0.15, 0.2) is 11.0 Å². The Labute approximate surface area is 185 Å². The zero-order chi connectivity index (χ0) is 22.6. The average molecular weight is 445 g/mol. The summed E-state index contributed by atoms with van der Waals surface area (Å²) < 4.78 is 6.18. The number of aromatic nitrogens is 3. The van der Waals surface area contributed by atoms with Gasteiger partial charge in [-0.3, -0.25) is 5.32 Å². The largest absolute Gasteiger partial charge is 0.383 e. The van der Waals surface area contributed by atoms with Gasteiger partial charge in [-0.05, 0) is 32.9 Å². The minimum Gasteiger partial charge on any atom is -0.383 e. The Morgan fingerprint density at radius 2 is 2.00 bits per heavy atom. The lowest BCUT2D eigenvalue weighted by Gasteiger charge is -2.22. The smallest absolute Gasteiger partial charge is 0.321 e. The van der Waals surface area contributed by atoms with E-state index in [4.69, 9.17) is 4.74 Å². The molecule has 9 nitrogen and oxygen atoms in total. The number of nitrogens with one attached hydrogen (secondary N) is 2. The molecule has 0 saturated heterocycles. The summed E-state index contributed by atoms with van der Waals surface area (Å²) in [6, 6.07) is 3.73. The van der Waals surface area contributed by atoms with Gasteiger partial charge in [0.25, 0.3) is 0 Å². The van der Waals surface area contributed by atoms with Gasteiger partial charge >= 0.3 is 6.03 Å². The van der Waals surface area contributed by atoms with Crippen molar-refractivity contribution in [2.45, 2.75) is 26.4 Å². The molecule has 10 heteroatoms.